The molecule has 1 aliphatic carbocycles. The molecule has 1 saturated carbocycles. The number of anilines is 1. The van der Waals surface area contributed by atoms with E-state index in [9.17, 15) is 9.59 Å². The molecule has 0 spiro atoms. The van der Waals surface area contributed by atoms with Crippen LogP contribution in [0.5, 0.6) is 0 Å². The van der Waals surface area contributed by atoms with Crippen LogP contribution in [0.1, 0.15) is 59.4 Å². The first-order valence-electron chi connectivity index (χ1n) is 12.0. The fourth-order valence-corrected chi connectivity index (χ4v) is 4.76. The van der Waals surface area contributed by atoms with Crippen LogP contribution in [0.15, 0.2) is 34.9 Å². The first kappa shape index (κ1) is 22.5. The number of amides is 2. The summed E-state index contributed by atoms with van der Waals surface area (Å²) >= 11 is 0. The third-order valence-corrected chi connectivity index (χ3v) is 6.85. The van der Waals surface area contributed by atoms with Crippen LogP contribution in [0, 0.1) is 6.92 Å². The Morgan fingerprint density at radius 2 is 1.88 bits per heavy atom. The predicted octanol–water partition coefficient (Wildman–Crippen LogP) is 3.74. The Hall–Kier alpha value is -3.26. The molecule has 0 radical (unpaired) electrons. The zero-order valence-electron chi connectivity index (χ0n) is 20.1. The van der Waals surface area contributed by atoms with Crippen molar-refractivity contribution < 1.29 is 14.1 Å². The molecule has 3 aromatic rings. The smallest absolute Gasteiger partial charge is 0.259 e. The fourth-order valence-electron chi connectivity index (χ4n) is 4.76. The molecular weight excluding hydrogens is 430 g/mol. The van der Waals surface area contributed by atoms with Gasteiger partial charge < -0.3 is 19.2 Å². The molecule has 2 aromatic heterocycles. The van der Waals surface area contributed by atoms with Crippen LogP contribution in [0.4, 0.5) is 5.69 Å². The van der Waals surface area contributed by atoms with Crippen LogP contribution in [0.2, 0.25) is 0 Å². The van der Waals surface area contributed by atoms with E-state index in [1.54, 1.807) is 6.92 Å². The number of fused-ring (bicyclic) bond motifs is 2. The minimum atomic E-state index is -0.0579. The van der Waals surface area contributed by atoms with Gasteiger partial charge in [0.2, 0.25) is 5.91 Å². The Balaban J connectivity index is 1.57. The molecule has 0 unspecified atom stereocenters. The highest BCUT2D eigenvalue weighted by molar-refractivity contribution is 6.06. The summed E-state index contributed by atoms with van der Waals surface area (Å²) in [7, 11) is 2.06. The molecule has 2 aliphatic rings. The molecule has 1 aliphatic heterocycles. The van der Waals surface area contributed by atoms with Gasteiger partial charge in [-0.3, -0.25) is 9.59 Å². The molecule has 2 amide bonds. The normalized spacial score (nSPS) is 18.0. The van der Waals surface area contributed by atoms with E-state index in [1.165, 1.54) is 0 Å². The van der Waals surface area contributed by atoms with Gasteiger partial charge in [0.1, 0.15) is 0 Å². The van der Waals surface area contributed by atoms with E-state index in [4.69, 9.17) is 4.52 Å². The van der Waals surface area contributed by atoms with Gasteiger partial charge >= 0.3 is 0 Å². The maximum absolute atomic E-state index is 14.1. The topological polar surface area (TPSA) is 82.8 Å². The Kier molecular flexibility index (Phi) is 6.08. The van der Waals surface area contributed by atoms with Crippen LogP contribution in [0.25, 0.3) is 11.1 Å². The number of rotatable bonds is 2. The first-order valence-corrected chi connectivity index (χ1v) is 12.0. The number of pyridine rings is 1. The predicted molar refractivity (Wildman–Crippen MR) is 130 cm³/mol. The zero-order chi connectivity index (χ0) is 23.8. The Bertz CT molecular complexity index is 1230. The molecular formula is C26H31N5O3. The molecule has 178 valence electrons. The summed E-state index contributed by atoms with van der Waals surface area (Å²) in [6.45, 7) is 6.70. The van der Waals surface area contributed by atoms with E-state index in [-0.39, 0.29) is 11.8 Å². The Labute approximate surface area is 199 Å². The minimum Gasteiger partial charge on any atom is -0.336 e. The van der Waals surface area contributed by atoms with Crippen LogP contribution in [-0.2, 0) is 11.3 Å². The van der Waals surface area contributed by atoms with Crippen LogP contribution < -0.4 is 4.90 Å². The summed E-state index contributed by atoms with van der Waals surface area (Å²) in [6.07, 6.45) is 3.04. The van der Waals surface area contributed by atoms with Crippen molar-refractivity contribution in [2.75, 3.05) is 38.1 Å². The molecule has 0 bridgehead atoms. The second-order valence-corrected chi connectivity index (χ2v) is 9.50. The molecule has 0 saturated heterocycles. The number of aryl methyl sites for hydroxylation is 1. The van der Waals surface area contributed by atoms with E-state index >= 15 is 0 Å². The number of hydrogen-bond acceptors (Lipinski definition) is 6. The highest BCUT2D eigenvalue weighted by Crippen LogP contribution is 2.40. The third kappa shape index (κ3) is 4.42. The summed E-state index contributed by atoms with van der Waals surface area (Å²) in [5.74, 6) is 0.342. The van der Waals surface area contributed by atoms with Crippen LogP contribution in [0.3, 0.4) is 0 Å². The maximum Gasteiger partial charge on any atom is 0.259 e. The second-order valence-electron chi connectivity index (χ2n) is 9.50. The largest absolute Gasteiger partial charge is 0.336 e. The minimum absolute atomic E-state index is 0.0113. The summed E-state index contributed by atoms with van der Waals surface area (Å²) in [4.78, 5) is 37.1. The number of likely N-dealkylation sites (N-methyl/N-ethyl adjacent to an activating group) is 1. The van der Waals surface area contributed by atoms with Gasteiger partial charge in [-0.05, 0) is 57.5 Å². The van der Waals surface area contributed by atoms with Gasteiger partial charge in [-0.15, -0.1) is 0 Å². The molecule has 1 aromatic carbocycles. The van der Waals surface area contributed by atoms with Crippen molar-refractivity contribution in [2.45, 2.75) is 45.6 Å². The van der Waals surface area contributed by atoms with Gasteiger partial charge in [-0.2, -0.15) is 0 Å². The first-order chi connectivity index (χ1) is 16.4. The van der Waals surface area contributed by atoms with Gasteiger partial charge in [0, 0.05) is 50.4 Å². The third-order valence-electron chi connectivity index (χ3n) is 6.85. The summed E-state index contributed by atoms with van der Waals surface area (Å²) < 4.78 is 5.47. The van der Waals surface area contributed by atoms with Crippen molar-refractivity contribution in [1.29, 1.82) is 0 Å². The van der Waals surface area contributed by atoms with E-state index in [2.05, 4.69) is 22.1 Å². The molecule has 1 fully saturated rings. The van der Waals surface area contributed by atoms with Gasteiger partial charge in [-0.1, -0.05) is 23.4 Å². The van der Waals surface area contributed by atoms with E-state index in [0.29, 0.717) is 47.9 Å². The number of para-hydroxylation sites is 1. The fraction of sp³-hybridized carbons (Fsp3) is 0.462. The van der Waals surface area contributed by atoms with Gasteiger partial charge in [0.05, 0.1) is 16.6 Å². The number of aromatic nitrogens is 2. The molecule has 8 heteroatoms. The van der Waals surface area contributed by atoms with Gasteiger partial charge in [-0.25, -0.2) is 4.98 Å². The lowest BCUT2D eigenvalue weighted by atomic mass is 10.1. The van der Waals surface area contributed by atoms with Crippen molar-refractivity contribution in [2.24, 2.45) is 0 Å². The lowest BCUT2D eigenvalue weighted by Crippen LogP contribution is -2.37. The molecule has 0 atom stereocenters. The van der Waals surface area contributed by atoms with Crippen LogP contribution >= 0.6 is 0 Å². The summed E-state index contributed by atoms with van der Waals surface area (Å²) in [6, 6.07) is 9.83. The Morgan fingerprint density at radius 1 is 1.09 bits per heavy atom. The average Bonchev–Trinajstić information content (AvgIpc) is 3.61. The van der Waals surface area contributed by atoms with E-state index in [1.807, 2.05) is 47.1 Å². The molecule has 3 heterocycles. The number of benzene rings is 1. The summed E-state index contributed by atoms with van der Waals surface area (Å²) in [5, 5.41) is 4.79. The number of hydrogen-bond donors (Lipinski definition) is 0. The van der Waals surface area contributed by atoms with Crippen molar-refractivity contribution in [3.8, 4) is 0 Å². The molecule has 34 heavy (non-hydrogen) atoms. The van der Waals surface area contributed by atoms with Crippen molar-refractivity contribution >= 4 is 28.6 Å². The van der Waals surface area contributed by atoms with E-state index < -0.39 is 0 Å². The van der Waals surface area contributed by atoms with Crippen molar-refractivity contribution in [3.05, 3.63) is 52.8 Å². The lowest BCUT2D eigenvalue weighted by molar-refractivity contribution is -0.116. The summed E-state index contributed by atoms with van der Waals surface area (Å²) in [5.41, 5.74) is 4.45. The van der Waals surface area contributed by atoms with Gasteiger partial charge in [0.15, 0.2) is 0 Å². The SMILES string of the molecule is CC(=O)N1CCCN(C)CCN(C(=O)c2cc(C3CC3)nc3onc(C)c23)Cc2ccccc21. The highest BCUT2D eigenvalue weighted by atomic mass is 16.5. The average molecular weight is 462 g/mol. The molecule has 0 N–H and O–H groups in total. The standard InChI is InChI=1S/C26H31N5O3/c1-17-24-21(15-22(19-9-10-19)27-25(24)34-28-17)26(33)30-14-13-29(3)11-6-12-31(18(2)32)23-8-5-4-7-20(23)16-30/h4-5,7-8,15,19H,6,9-14,16H2,1-3H3. The number of carbonyl (C=O) groups excluding carboxylic acids is 2. The maximum atomic E-state index is 14.1. The molecule has 5 rings (SSSR count). The molecule has 8 nitrogen and oxygen atoms in total. The van der Waals surface area contributed by atoms with Crippen molar-refractivity contribution in [1.82, 2.24) is 19.9 Å². The van der Waals surface area contributed by atoms with Gasteiger partial charge in [0.25, 0.3) is 11.6 Å². The number of nitrogens with zero attached hydrogens (tertiary/aromatic N) is 5. The lowest BCUT2D eigenvalue weighted by Gasteiger charge is -2.27. The highest BCUT2D eigenvalue weighted by Gasteiger charge is 2.30. The monoisotopic (exact) mass is 461 g/mol. The van der Waals surface area contributed by atoms with Crippen LogP contribution in [-0.4, -0.2) is 65.0 Å². The quantitative estimate of drug-likeness (QED) is 0.578. The second kappa shape index (κ2) is 9.18. The zero-order valence-corrected chi connectivity index (χ0v) is 20.1. The van der Waals surface area contributed by atoms with E-state index in [0.717, 1.165) is 49.3 Å². The Morgan fingerprint density at radius 3 is 2.65 bits per heavy atom. The van der Waals surface area contributed by atoms with Crippen molar-refractivity contribution in [3.63, 3.8) is 0 Å². The number of carbonyl (C=O) groups is 2.